The fourth-order valence-corrected chi connectivity index (χ4v) is 0.952. The molecule has 18 heavy (non-hydrogen) atoms. The van der Waals surface area contributed by atoms with Crippen LogP contribution in [0.2, 0.25) is 0 Å². The molecule has 0 bridgehead atoms. The number of H-pyrrole nitrogens is 1. The predicted molar refractivity (Wildman–Crippen MR) is 60.3 cm³/mol. The van der Waals surface area contributed by atoms with E-state index in [1.165, 1.54) is 12.1 Å². The normalized spacial score (nSPS) is 8.89. The molecule has 0 saturated carbocycles. The van der Waals surface area contributed by atoms with Crippen molar-refractivity contribution < 1.29 is 19.6 Å². The minimum atomic E-state index is -1.45. The van der Waals surface area contributed by atoms with Crippen LogP contribution in [0.4, 0.5) is 10.5 Å². The molecular weight excluding hydrogens is 242 g/mol. The number of aromatic nitrogens is 2. The highest BCUT2D eigenvalue weighted by Gasteiger charge is 2.05. The SMILES string of the molecule is O=C(O)Oc1ccc([N+](=O)[O-])cc1.c1cn[nH]c1. The van der Waals surface area contributed by atoms with Crippen LogP contribution in [0.3, 0.4) is 0 Å². The van der Waals surface area contributed by atoms with Crippen molar-refractivity contribution in [3.05, 3.63) is 52.8 Å². The van der Waals surface area contributed by atoms with E-state index in [9.17, 15) is 14.9 Å². The molecule has 0 fully saturated rings. The summed E-state index contributed by atoms with van der Waals surface area (Å²) in [5.74, 6) is 0.0538. The smallest absolute Gasteiger partial charge is 0.449 e. The average Bonchev–Trinajstić information content (AvgIpc) is 2.87. The van der Waals surface area contributed by atoms with Gasteiger partial charge in [-0.25, -0.2) is 4.79 Å². The van der Waals surface area contributed by atoms with Crippen LogP contribution in [0, 0.1) is 10.1 Å². The predicted octanol–water partition coefficient (Wildman–Crippen LogP) is 2.06. The molecule has 8 heteroatoms. The van der Waals surface area contributed by atoms with Crippen LogP contribution < -0.4 is 4.74 Å². The summed E-state index contributed by atoms with van der Waals surface area (Å²) in [6.45, 7) is 0. The second kappa shape index (κ2) is 6.63. The maximum Gasteiger partial charge on any atom is 0.511 e. The Balaban J connectivity index is 0.000000269. The van der Waals surface area contributed by atoms with Crippen LogP contribution in [0.1, 0.15) is 0 Å². The second-order valence-corrected chi connectivity index (χ2v) is 2.89. The zero-order valence-corrected chi connectivity index (χ0v) is 9.02. The first kappa shape index (κ1) is 13.2. The fourth-order valence-electron chi connectivity index (χ4n) is 0.952. The molecule has 0 aliphatic carbocycles. The van der Waals surface area contributed by atoms with Crippen LogP contribution in [-0.4, -0.2) is 26.4 Å². The van der Waals surface area contributed by atoms with Crippen molar-refractivity contribution in [2.45, 2.75) is 0 Å². The Hall–Kier alpha value is -2.90. The van der Waals surface area contributed by atoms with Gasteiger partial charge in [-0.3, -0.25) is 15.2 Å². The Morgan fingerprint density at radius 1 is 1.39 bits per heavy atom. The maximum atomic E-state index is 10.2. The monoisotopic (exact) mass is 251 g/mol. The molecule has 94 valence electrons. The Morgan fingerprint density at radius 3 is 2.39 bits per heavy atom. The van der Waals surface area contributed by atoms with E-state index >= 15 is 0 Å². The number of nitrogens with one attached hydrogen (secondary N) is 1. The third kappa shape index (κ3) is 4.75. The van der Waals surface area contributed by atoms with Gasteiger partial charge in [0.25, 0.3) is 5.69 Å². The molecule has 2 rings (SSSR count). The number of non-ortho nitro benzene ring substituents is 1. The zero-order chi connectivity index (χ0) is 13.4. The van der Waals surface area contributed by atoms with E-state index in [0.717, 1.165) is 12.1 Å². The topological polar surface area (TPSA) is 118 Å². The van der Waals surface area contributed by atoms with Gasteiger partial charge in [0.15, 0.2) is 0 Å². The molecule has 0 aliphatic rings. The molecule has 0 amide bonds. The summed E-state index contributed by atoms with van der Waals surface area (Å²) in [5.41, 5.74) is -0.113. The van der Waals surface area contributed by atoms with E-state index < -0.39 is 11.1 Å². The van der Waals surface area contributed by atoms with E-state index in [2.05, 4.69) is 14.9 Å². The largest absolute Gasteiger partial charge is 0.511 e. The van der Waals surface area contributed by atoms with Crippen LogP contribution in [0.15, 0.2) is 42.7 Å². The molecule has 0 atom stereocenters. The Morgan fingerprint density at radius 2 is 2.06 bits per heavy atom. The lowest BCUT2D eigenvalue weighted by Gasteiger charge is -1.97. The number of carboxylic acid groups (broad SMARTS) is 1. The highest BCUT2D eigenvalue weighted by Crippen LogP contribution is 2.17. The number of rotatable bonds is 2. The number of hydrogen-bond donors (Lipinski definition) is 2. The van der Waals surface area contributed by atoms with Crippen molar-refractivity contribution in [2.75, 3.05) is 0 Å². The maximum absolute atomic E-state index is 10.2. The molecule has 0 saturated heterocycles. The highest BCUT2D eigenvalue weighted by molar-refractivity contribution is 5.61. The van der Waals surface area contributed by atoms with Crippen molar-refractivity contribution in [2.24, 2.45) is 0 Å². The van der Waals surface area contributed by atoms with Gasteiger partial charge in [-0.15, -0.1) is 0 Å². The van der Waals surface area contributed by atoms with Crippen LogP contribution in [-0.2, 0) is 0 Å². The van der Waals surface area contributed by atoms with E-state index in [1.54, 1.807) is 12.4 Å². The summed E-state index contributed by atoms with van der Waals surface area (Å²) in [6.07, 6.45) is 2.01. The molecule has 0 radical (unpaired) electrons. The zero-order valence-electron chi connectivity index (χ0n) is 9.02. The van der Waals surface area contributed by atoms with Gasteiger partial charge in [0.2, 0.25) is 0 Å². The average molecular weight is 251 g/mol. The summed E-state index contributed by atoms with van der Waals surface area (Å²) in [6, 6.07) is 6.59. The number of carbonyl (C=O) groups is 1. The van der Waals surface area contributed by atoms with Crippen molar-refractivity contribution in [1.82, 2.24) is 10.2 Å². The third-order valence-electron chi connectivity index (χ3n) is 1.66. The minimum absolute atomic E-state index is 0.0538. The van der Waals surface area contributed by atoms with E-state index in [4.69, 9.17) is 5.11 Å². The first-order chi connectivity index (χ1) is 8.59. The van der Waals surface area contributed by atoms with Gasteiger partial charge in [0.05, 0.1) is 4.92 Å². The fraction of sp³-hybridized carbons (Fsp3) is 0. The molecule has 0 unspecified atom stereocenters. The Bertz CT molecular complexity index is 478. The summed E-state index contributed by atoms with van der Waals surface area (Å²) in [7, 11) is 0. The first-order valence-electron chi connectivity index (χ1n) is 4.68. The van der Waals surface area contributed by atoms with Gasteiger partial charge in [0.1, 0.15) is 5.75 Å². The molecule has 1 aromatic heterocycles. The second-order valence-electron chi connectivity index (χ2n) is 2.89. The van der Waals surface area contributed by atoms with Gasteiger partial charge < -0.3 is 9.84 Å². The molecule has 0 spiro atoms. The quantitative estimate of drug-likeness (QED) is 0.365. The molecule has 0 aliphatic heterocycles. The van der Waals surface area contributed by atoms with Crippen LogP contribution in [0.5, 0.6) is 5.75 Å². The summed E-state index contributed by atoms with van der Waals surface area (Å²) >= 11 is 0. The van der Waals surface area contributed by atoms with Gasteiger partial charge in [0, 0.05) is 24.5 Å². The number of aromatic amines is 1. The lowest BCUT2D eigenvalue weighted by Crippen LogP contribution is -2.02. The number of hydrogen-bond acceptors (Lipinski definition) is 5. The number of benzene rings is 1. The standard InChI is InChI=1S/C7H5NO5.C3H4N2/c9-7(10)13-6-3-1-5(2-4-6)8(11)12;1-2-4-5-3-1/h1-4H,(H,9,10);1-3H,(H,4,5). The molecule has 2 N–H and O–H groups in total. The molecule has 1 aromatic carbocycles. The molecule has 1 heterocycles. The lowest BCUT2D eigenvalue weighted by molar-refractivity contribution is -0.384. The number of ether oxygens (including phenoxy) is 1. The summed E-state index contributed by atoms with van der Waals surface area (Å²) in [4.78, 5) is 19.6. The number of nitro benzene ring substituents is 1. The third-order valence-corrected chi connectivity index (χ3v) is 1.66. The van der Waals surface area contributed by atoms with Crippen LogP contribution >= 0.6 is 0 Å². The summed E-state index contributed by atoms with van der Waals surface area (Å²) < 4.78 is 4.24. The van der Waals surface area contributed by atoms with Crippen molar-refractivity contribution in [3.63, 3.8) is 0 Å². The highest BCUT2D eigenvalue weighted by atomic mass is 16.7. The Labute approximate surface area is 101 Å². The number of nitro groups is 1. The molecule has 2 aromatic rings. The molecule has 8 nitrogen and oxygen atoms in total. The van der Waals surface area contributed by atoms with Gasteiger partial charge in [-0.1, -0.05) is 0 Å². The Kier molecular flexibility index (Phi) is 4.85. The van der Waals surface area contributed by atoms with Gasteiger partial charge in [-0.05, 0) is 18.2 Å². The first-order valence-corrected chi connectivity index (χ1v) is 4.68. The summed E-state index contributed by atoms with van der Waals surface area (Å²) in [5, 5.41) is 24.6. The van der Waals surface area contributed by atoms with Crippen LogP contribution in [0.25, 0.3) is 0 Å². The van der Waals surface area contributed by atoms with E-state index in [-0.39, 0.29) is 11.4 Å². The lowest BCUT2D eigenvalue weighted by atomic mass is 10.3. The van der Waals surface area contributed by atoms with E-state index in [1.807, 2.05) is 6.07 Å². The minimum Gasteiger partial charge on any atom is -0.449 e. The van der Waals surface area contributed by atoms with Gasteiger partial charge in [-0.2, -0.15) is 5.10 Å². The van der Waals surface area contributed by atoms with Crippen molar-refractivity contribution in [1.29, 1.82) is 0 Å². The van der Waals surface area contributed by atoms with Crippen molar-refractivity contribution >= 4 is 11.8 Å². The number of nitrogens with zero attached hydrogens (tertiary/aromatic N) is 2. The van der Waals surface area contributed by atoms with E-state index in [0.29, 0.717) is 0 Å². The van der Waals surface area contributed by atoms with Gasteiger partial charge >= 0.3 is 6.16 Å². The molecular formula is C10H9N3O5. The van der Waals surface area contributed by atoms with Crippen molar-refractivity contribution in [3.8, 4) is 5.75 Å².